The van der Waals surface area contributed by atoms with Gasteiger partial charge in [-0.2, -0.15) is 0 Å². The van der Waals surface area contributed by atoms with Crippen molar-refractivity contribution < 1.29 is 0 Å². The van der Waals surface area contributed by atoms with E-state index in [1.807, 2.05) is 24.4 Å². The predicted molar refractivity (Wildman–Crippen MR) is 72.6 cm³/mol. The number of nitrogens with one attached hydrogen (secondary N) is 1. The van der Waals surface area contributed by atoms with Crippen molar-refractivity contribution in [2.45, 2.75) is 13.3 Å². The smallest absolute Gasteiger partial charge is 0.0708 e. The third-order valence-corrected chi connectivity index (χ3v) is 3.02. The molecular formula is C15H14N2. The first-order valence-corrected chi connectivity index (χ1v) is 5.90. The number of rotatable bonds is 2. The summed E-state index contributed by atoms with van der Waals surface area (Å²) in [6.45, 7) is 2.15. The van der Waals surface area contributed by atoms with Crippen LogP contribution in [0.25, 0.3) is 11.6 Å². The first kappa shape index (κ1) is 10.1. The van der Waals surface area contributed by atoms with E-state index in [1.165, 1.54) is 16.8 Å². The van der Waals surface area contributed by atoms with Crippen molar-refractivity contribution in [2.75, 3.05) is 0 Å². The van der Waals surface area contributed by atoms with E-state index in [-0.39, 0.29) is 0 Å². The summed E-state index contributed by atoms with van der Waals surface area (Å²) in [5.74, 6) is 0. The Balaban J connectivity index is 1.99. The predicted octanol–water partition coefficient (Wildman–Crippen LogP) is 3.83. The number of aromatic nitrogens is 1. The van der Waals surface area contributed by atoms with Gasteiger partial charge in [-0.25, -0.2) is 0 Å². The van der Waals surface area contributed by atoms with Crippen LogP contribution in [0, 0.1) is 0 Å². The van der Waals surface area contributed by atoms with E-state index in [0.717, 1.165) is 17.8 Å². The maximum absolute atomic E-state index is 4.40. The van der Waals surface area contributed by atoms with Crippen LogP contribution in [-0.2, 0) is 6.42 Å². The number of nitrogens with zero attached hydrogens (tertiary/aromatic N) is 1. The third-order valence-electron chi connectivity index (χ3n) is 3.02. The number of aromatic amines is 1. The molecule has 0 fully saturated rings. The normalized spacial score (nSPS) is 15.5. The van der Waals surface area contributed by atoms with Gasteiger partial charge in [0.15, 0.2) is 0 Å². The molecule has 1 aliphatic heterocycles. The van der Waals surface area contributed by atoms with Gasteiger partial charge in [-0.3, -0.25) is 4.99 Å². The Morgan fingerprint density at radius 3 is 2.88 bits per heavy atom. The van der Waals surface area contributed by atoms with E-state index in [0.29, 0.717) is 0 Å². The van der Waals surface area contributed by atoms with Crippen molar-refractivity contribution in [3.63, 3.8) is 0 Å². The number of H-pyrrole nitrogens is 1. The van der Waals surface area contributed by atoms with E-state index in [2.05, 4.69) is 41.2 Å². The Bertz CT molecular complexity index is 603. The summed E-state index contributed by atoms with van der Waals surface area (Å²) in [4.78, 5) is 7.78. The van der Waals surface area contributed by atoms with E-state index in [9.17, 15) is 0 Å². The molecule has 3 rings (SSSR count). The number of fused-ring (bicyclic) bond motifs is 1. The van der Waals surface area contributed by atoms with Crippen LogP contribution in [0.4, 0.5) is 5.69 Å². The highest BCUT2D eigenvalue weighted by atomic mass is 14.8. The van der Waals surface area contributed by atoms with Gasteiger partial charge < -0.3 is 4.98 Å². The van der Waals surface area contributed by atoms with Gasteiger partial charge in [-0.15, -0.1) is 0 Å². The first-order valence-electron chi connectivity index (χ1n) is 5.90. The number of para-hydroxylation sites is 1. The van der Waals surface area contributed by atoms with Crippen molar-refractivity contribution >= 4 is 23.6 Å². The van der Waals surface area contributed by atoms with Crippen molar-refractivity contribution in [1.29, 1.82) is 0 Å². The highest BCUT2D eigenvalue weighted by Crippen LogP contribution is 2.31. The van der Waals surface area contributed by atoms with E-state index in [1.54, 1.807) is 0 Å². The number of aryl methyl sites for hydroxylation is 1. The summed E-state index contributed by atoms with van der Waals surface area (Å²) in [6, 6.07) is 12.5. The molecule has 2 nitrogen and oxygen atoms in total. The molecule has 1 N–H and O–H groups in total. The lowest BCUT2D eigenvalue weighted by atomic mass is 10.1. The monoisotopic (exact) mass is 222 g/mol. The molecule has 0 bridgehead atoms. The molecule has 0 unspecified atom stereocenters. The Morgan fingerprint density at radius 2 is 2.06 bits per heavy atom. The van der Waals surface area contributed by atoms with Gasteiger partial charge in [0.2, 0.25) is 0 Å². The summed E-state index contributed by atoms with van der Waals surface area (Å²) in [7, 11) is 0. The molecule has 0 spiro atoms. The molecule has 0 saturated carbocycles. The molecule has 2 aromatic rings. The van der Waals surface area contributed by atoms with E-state index >= 15 is 0 Å². The van der Waals surface area contributed by atoms with Crippen LogP contribution < -0.4 is 0 Å². The van der Waals surface area contributed by atoms with Crippen molar-refractivity contribution in [1.82, 2.24) is 4.98 Å². The van der Waals surface area contributed by atoms with Crippen molar-refractivity contribution in [3.05, 3.63) is 53.3 Å². The SMILES string of the molecule is CCc1ccc(C=C2C=Nc3ccccc32)[nH]1. The lowest BCUT2D eigenvalue weighted by molar-refractivity contribution is 1.06. The zero-order chi connectivity index (χ0) is 11.7. The molecule has 2 heterocycles. The van der Waals surface area contributed by atoms with Crippen LogP contribution in [0.3, 0.4) is 0 Å². The van der Waals surface area contributed by atoms with Crippen LogP contribution in [0.2, 0.25) is 0 Å². The highest BCUT2D eigenvalue weighted by Gasteiger charge is 2.10. The van der Waals surface area contributed by atoms with Crippen LogP contribution >= 0.6 is 0 Å². The topological polar surface area (TPSA) is 28.1 Å². The van der Waals surface area contributed by atoms with E-state index < -0.39 is 0 Å². The lowest BCUT2D eigenvalue weighted by Gasteiger charge is -1.98. The molecule has 2 heteroatoms. The van der Waals surface area contributed by atoms with Gasteiger partial charge >= 0.3 is 0 Å². The fourth-order valence-corrected chi connectivity index (χ4v) is 2.07. The lowest BCUT2D eigenvalue weighted by Crippen LogP contribution is -1.82. The molecule has 0 radical (unpaired) electrons. The summed E-state index contributed by atoms with van der Waals surface area (Å²) in [5, 5.41) is 0. The fraction of sp³-hybridized carbons (Fsp3) is 0.133. The zero-order valence-corrected chi connectivity index (χ0v) is 9.77. The zero-order valence-electron chi connectivity index (χ0n) is 9.77. The maximum atomic E-state index is 4.40. The number of hydrogen-bond donors (Lipinski definition) is 1. The average Bonchev–Trinajstić information content (AvgIpc) is 2.97. The van der Waals surface area contributed by atoms with Crippen LogP contribution in [0.5, 0.6) is 0 Å². The van der Waals surface area contributed by atoms with Gasteiger partial charge in [0.05, 0.1) is 5.69 Å². The summed E-state index contributed by atoms with van der Waals surface area (Å²) < 4.78 is 0. The summed E-state index contributed by atoms with van der Waals surface area (Å²) >= 11 is 0. The molecule has 0 atom stereocenters. The van der Waals surface area contributed by atoms with Gasteiger partial charge in [-0.1, -0.05) is 25.1 Å². The molecule has 0 amide bonds. The molecule has 1 aliphatic rings. The van der Waals surface area contributed by atoms with Crippen LogP contribution in [-0.4, -0.2) is 11.2 Å². The third kappa shape index (κ3) is 1.82. The standard InChI is InChI=1S/C15H14N2/c1-2-12-7-8-13(17-12)9-11-10-16-15-6-4-3-5-14(11)15/h3-10,17H,2H2,1H3. The number of benzene rings is 1. The summed E-state index contributed by atoms with van der Waals surface area (Å²) in [5.41, 5.74) is 5.84. The van der Waals surface area contributed by atoms with Crippen LogP contribution in [0.1, 0.15) is 23.9 Å². The number of aliphatic imine (C=N–C) groups is 1. The Morgan fingerprint density at radius 1 is 1.18 bits per heavy atom. The maximum Gasteiger partial charge on any atom is 0.0708 e. The van der Waals surface area contributed by atoms with E-state index in [4.69, 9.17) is 0 Å². The Hall–Kier alpha value is -2.09. The molecule has 0 saturated heterocycles. The molecule has 17 heavy (non-hydrogen) atoms. The molecule has 84 valence electrons. The highest BCUT2D eigenvalue weighted by molar-refractivity contribution is 6.21. The minimum absolute atomic E-state index is 1.04. The second-order valence-electron chi connectivity index (χ2n) is 4.17. The average molecular weight is 222 g/mol. The van der Waals surface area contributed by atoms with Crippen molar-refractivity contribution in [3.8, 4) is 0 Å². The van der Waals surface area contributed by atoms with Crippen molar-refractivity contribution in [2.24, 2.45) is 4.99 Å². The minimum Gasteiger partial charge on any atom is -0.359 e. The largest absolute Gasteiger partial charge is 0.359 e. The Kier molecular flexibility index (Phi) is 2.41. The molecule has 1 aromatic heterocycles. The fourth-order valence-electron chi connectivity index (χ4n) is 2.07. The second kappa shape index (κ2) is 4.06. The Labute approximate surface area is 101 Å². The van der Waals surface area contributed by atoms with Gasteiger partial charge in [0, 0.05) is 28.7 Å². The van der Waals surface area contributed by atoms with Crippen LogP contribution in [0.15, 0.2) is 41.4 Å². The second-order valence-corrected chi connectivity index (χ2v) is 4.17. The number of allylic oxidation sites excluding steroid dienone is 1. The minimum atomic E-state index is 1.04. The quantitative estimate of drug-likeness (QED) is 0.799. The van der Waals surface area contributed by atoms with Gasteiger partial charge in [0.1, 0.15) is 0 Å². The molecular weight excluding hydrogens is 208 g/mol. The summed E-state index contributed by atoms with van der Waals surface area (Å²) in [6.07, 6.45) is 5.11. The number of hydrogen-bond acceptors (Lipinski definition) is 1. The first-order chi connectivity index (χ1) is 8.36. The van der Waals surface area contributed by atoms with Gasteiger partial charge in [-0.05, 0) is 30.7 Å². The molecule has 1 aromatic carbocycles. The molecule has 0 aliphatic carbocycles. The van der Waals surface area contributed by atoms with Gasteiger partial charge in [0.25, 0.3) is 0 Å².